The second-order valence-corrected chi connectivity index (χ2v) is 11.8. The van der Waals surface area contributed by atoms with Gasteiger partial charge in [0.05, 0.1) is 0 Å². The molecule has 208 valence electrons. The van der Waals surface area contributed by atoms with Gasteiger partial charge in [-0.05, 0) is 79.8 Å². The maximum Gasteiger partial charge on any atom is 0.272 e. The molecule has 3 aromatic rings. The van der Waals surface area contributed by atoms with E-state index >= 15 is 0 Å². The minimum Gasteiger partial charge on any atom is -0.330 e. The molecule has 1 aliphatic heterocycles. The van der Waals surface area contributed by atoms with E-state index in [0.717, 1.165) is 50.4 Å². The molecule has 0 bridgehead atoms. The zero-order valence-electron chi connectivity index (χ0n) is 24.5. The van der Waals surface area contributed by atoms with Gasteiger partial charge in [0, 0.05) is 31.9 Å². The standard InChI is InChI=1S/C35H47N3O/c1-5-6-7-8-29-13-18-34(36-25-29)35(39)38(33-20-23-37(24-21-33)22-19-27(2)3)26-30-11-16-32(17-12-30)31-14-9-28(4)10-15-31/h9-18,25,27,33H,5-8,19-24,26H2,1-4H3. The Bertz CT molecular complexity index is 1140. The number of carbonyl (C=O) groups is 1. The summed E-state index contributed by atoms with van der Waals surface area (Å²) < 4.78 is 0. The van der Waals surface area contributed by atoms with Gasteiger partial charge in [0.25, 0.3) is 5.91 Å². The molecule has 0 unspecified atom stereocenters. The highest BCUT2D eigenvalue weighted by Gasteiger charge is 2.29. The molecule has 1 aliphatic rings. The summed E-state index contributed by atoms with van der Waals surface area (Å²) in [7, 11) is 0. The number of amides is 1. The Kier molecular flexibility index (Phi) is 10.7. The summed E-state index contributed by atoms with van der Waals surface area (Å²) in [6.45, 7) is 12.8. The van der Waals surface area contributed by atoms with E-state index in [1.54, 1.807) is 0 Å². The van der Waals surface area contributed by atoms with Crippen molar-refractivity contribution >= 4 is 5.91 Å². The van der Waals surface area contributed by atoms with Crippen LogP contribution in [-0.4, -0.2) is 46.4 Å². The van der Waals surface area contributed by atoms with E-state index in [-0.39, 0.29) is 11.9 Å². The number of piperidine rings is 1. The number of aromatic nitrogens is 1. The van der Waals surface area contributed by atoms with Crippen LogP contribution < -0.4 is 0 Å². The van der Waals surface area contributed by atoms with E-state index in [2.05, 4.69) is 97.1 Å². The smallest absolute Gasteiger partial charge is 0.272 e. The first kappa shape index (κ1) is 29.0. The monoisotopic (exact) mass is 525 g/mol. The van der Waals surface area contributed by atoms with Gasteiger partial charge in [-0.15, -0.1) is 0 Å². The summed E-state index contributed by atoms with van der Waals surface area (Å²) in [4.78, 5) is 23.2. The lowest BCUT2D eigenvalue weighted by atomic mass is 9.99. The van der Waals surface area contributed by atoms with Crippen LogP contribution in [0.4, 0.5) is 0 Å². The Morgan fingerprint density at radius 3 is 2.15 bits per heavy atom. The van der Waals surface area contributed by atoms with E-state index in [1.807, 2.05) is 12.3 Å². The molecule has 39 heavy (non-hydrogen) atoms. The SMILES string of the molecule is CCCCCc1ccc(C(=O)N(Cc2ccc(-c3ccc(C)cc3)cc2)C2CCN(CCC(C)C)CC2)nc1. The Morgan fingerprint density at radius 2 is 1.56 bits per heavy atom. The number of benzene rings is 2. The average molecular weight is 526 g/mol. The first-order chi connectivity index (χ1) is 18.9. The molecule has 1 saturated heterocycles. The first-order valence-electron chi connectivity index (χ1n) is 15.1. The van der Waals surface area contributed by atoms with Crippen LogP contribution in [0.15, 0.2) is 66.9 Å². The van der Waals surface area contributed by atoms with E-state index in [0.29, 0.717) is 12.2 Å². The molecule has 1 amide bonds. The van der Waals surface area contributed by atoms with Gasteiger partial charge >= 0.3 is 0 Å². The molecule has 2 aromatic carbocycles. The summed E-state index contributed by atoms with van der Waals surface area (Å²) in [6.07, 6.45) is 9.81. The van der Waals surface area contributed by atoms with E-state index in [1.165, 1.54) is 47.9 Å². The van der Waals surface area contributed by atoms with E-state index < -0.39 is 0 Å². The van der Waals surface area contributed by atoms with E-state index in [4.69, 9.17) is 0 Å². The highest BCUT2D eigenvalue weighted by molar-refractivity contribution is 5.92. The van der Waals surface area contributed by atoms with Crippen LogP contribution in [0.25, 0.3) is 11.1 Å². The zero-order valence-corrected chi connectivity index (χ0v) is 24.5. The highest BCUT2D eigenvalue weighted by atomic mass is 16.2. The number of aryl methyl sites for hydroxylation is 2. The number of pyridine rings is 1. The lowest BCUT2D eigenvalue weighted by molar-refractivity contribution is 0.0540. The largest absolute Gasteiger partial charge is 0.330 e. The van der Waals surface area contributed by atoms with Gasteiger partial charge in [-0.2, -0.15) is 0 Å². The molecule has 1 fully saturated rings. The molecular weight excluding hydrogens is 478 g/mol. The van der Waals surface area contributed by atoms with Gasteiger partial charge in [0.1, 0.15) is 5.69 Å². The number of unbranched alkanes of at least 4 members (excludes halogenated alkanes) is 2. The van der Waals surface area contributed by atoms with Crippen LogP contribution in [0.3, 0.4) is 0 Å². The van der Waals surface area contributed by atoms with Gasteiger partial charge in [0.2, 0.25) is 0 Å². The molecule has 0 saturated carbocycles. The predicted octanol–water partition coefficient (Wildman–Crippen LogP) is 7.94. The molecule has 0 N–H and O–H groups in total. The number of nitrogens with zero attached hydrogens (tertiary/aromatic N) is 3. The molecule has 0 radical (unpaired) electrons. The maximum absolute atomic E-state index is 13.9. The van der Waals surface area contributed by atoms with Gasteiger partial charge in [-0.1, -0.05) is 93.8 Å². The summed E-state index contributed by atoms with van der Waals surface area (Å²) >= 11 is 0. The number of likely N-dealkylation sites (tertiary alicyclic amines) is 1. The molecule has 4 heteroatoms. The molecule has 4 nitrogen and oxygen atoms in total. The maximum atomic E-state index is 13.9. The zero-order chi connectivity index (χ0) is 27.6. The highest BCUT2D eigenvalue weighted by Crippen LogP contribution is 2.25. The van der Waals surface area contributed by atoms with Crippen LogP contribution in [0, 0.1) is 12.8 Å². The van der Waals surface area contributed by atoms with E-state index in [9.17, 15) is 4.79 Å². The lowest BCUT2D eigenvalue weighted by Gasteiger charge is -2.38. The number of carbonyl (C=O) groups excluding carboxylic acids is 1. The minimum atomic E-state index is 0.0540. The molecule has 0 aliphatic carbocycles. The third-order valence-electron chi connectivity index (χ3n) is 8.09. The van der Waals surface area contributed by atoms with Gasteiger partial charge < -0.3 is 9.80 Å². The normalized spacial score (nSPS) is 14.6. The van der Waals surface area contributed by atoms with Crippen molar-refractivity contribution < 1.29 is 4.79 Å². The molecule has 4 rings (SSSR count). The Hall–Kier alpha value is -2.98. The lowest BCUT2D eigenvalue weighted by Crippen LogP contribution is -2.47. The number of hydrogen-bond acceptors (Lipinski definition) is 3. The fraction of sp³-hybridized carbons (Fsp3) is 0.486. The molecule has 1 aromatic heterocycles. The fourth-order valence-electron chi connectivity index (χ4n) is 5.43. The third kappa shape index (κ3) is 8.50. The molecular formula is C35H47N3O. The van der Waals surface area contributed by atoms with Crippen LogP contribution >= 0.6 is 0 Å². The van der Waals surface area contributed by atoms with Crippen molar-refractivity contribution in [2.24, 2.45) is 5.92 Å². The van der Waals surface area contributed by atoms with Crippen molar-refractivity contribution in [1.82, 2.24) is 14.8 Å². The van der Waals surface area contributed by atoms with Crippen molar-refractivity contribution in [1.29, 1.82) is 0 Å². The van der Waals surface area contributed by atoms with Crippen LogP contribution in [0.1, 0.15) is 86.5 Å². The van der Waals surface area contributed by atoms with Crippen molar-refractivity contribution in [3.05, 3.63) is 89.2 Å². The average Bonchev–Trinajstić information content (AvgIpc) is 2.96. The predicted molar refractivity (Wildman–Crippen MR) is 163 cm³/mol. The summed E-state index contributed by atoms with van der Waals surface area (Å²) in [6, 6.07) is 21.6. The van der Waals surface area contributed by atoms with Crippen molar-refractivity contribution in [2.45, 2.75) is 85.2 Å². The number of hydrogen-bond donors (Lipinski definition) is 0. The molecule has 2 heterocycles. The quantitative estimate of drug-likeness (QED) is 0.225. The Morgan fingerprint density at radius 1 is 0.923 bits per heavy atom. The van der Waals surface area contributed by atoms with Gasteiger partial charge in [-0.25, -0.2) is 0 Å². The first-order valence-corrected chi connectivity index (χ1v) is 15.1. The number of rotatable bonds is 12. The minimum absolute atomic E-state index is 0.0540. The van der Waals surface area contributed by atoms with Crippen LogP contribution in [0.2, 0.25) is 0 Å². The van der Waals surface area contributed by atoms with Gasteiger partial charge in [0.15, 0.2) is 0 Å². The van der Waals surface area contributed by atoms with Crippen LogP contribution in [0.5, 0.6) is 0 Å². The van der Waals surface area contributed by atoms with Crippen LogP contribution in [-0.2, 0) is 13.0 Å². The third-order valence-corrected chi connectivity index (χ3v) is 8.09. The second kappa shape index (κ2) is 14.4. The fourth-order valence-corrected chi connectivity index (χ4v) is 5.43. The molecule has 0 atom stereocenters. The van der Waals surface area contributed by atoms with Crippen molar-refractivity contribution in [3.63, 3.8) is 0 Å². The van der Waals surface area contributed by atoms with Gasteiger partial charge in [-0.3, -0.25) is 9.78 Å². The Balaban J connectivity index is 1.48. The second-order valence-electron chi connectivity index (χ2n) is 11.8. The summed E-state index contributed by atoms with van der Waals surface area (Å²) in [5.41, 5.74) is 6.64. The van der Waals surface area contributed by atoms with Crippen molar-refractivity contribution in [3.8, 4) is 11.1 Å². The topological polar surface area (TPSA) is 36.4 Å². The summed E-state index contributed by atoms with van der Waals surface area (Å²) in [5.74, 6) is 0.776. The van der Waals surface area contributed by atoms with Crippen molar-refractivity contribution in [2.75, 3.05) is 19.6 Å². The Labute approximate surface area is 236 Å². The molecule has 0 spiro atoms. The summed E-state index contributed by atoms with van der Waals surface area (Å²) in [5, 5.41) is 0.